The number of fused-ring (bicyclic) bond motifs is 1. The predicted octanol–water partition coefficient (Wildman–Crippen LogP) is 1.38. The van der Waals surface area contributed by atoms with Gasteiger partial charge in [0.15, 0.2) is 10.2 Å². The van der Waals surface area contributed by atoms with Crippen molar-refractivity contribution in [3.63, 3.8) is 0 Å². The van der Waals surface area contributed by atoms with Gasteiger partial charge in [0.25, 0.3) is 10.0 Å². The lowest BCUT2D eigenvalue weighted by Gasteiger charge is -2.06. The molecule has 0 aliphatic rings. The van der Waals surface area contributed by atoms with Gasteiger partial charge in [-0.05, 0) is 30.4 Å². The van der Waals surface area contributed by atoms with E-state index >= 15 is 0 Å². The maximum absolute atomic E-state index is 12.6. The Bertz CT molecular complexity index is 1220. The Kier molecular flexibility index (Phi) is 3.97. The first-order chi connectivity index (χ1) is 11.7. The number of benzene rings is 1. The van der Waals surface area contributed by atoms with E-state index in [1.807, 2.05) is 0 Å². The second-order valence-corrected chi connectivity index (χ2v) is 7.07. The fourth-order valence-corrected chi connectivity index (χ4v) is 3.84. The van der Waals surface area contributed by atoms with Gasteiger partial charge in [-0.25, -0.2) is 17.2 Å². The number of methoxy groups -OCH3 is 1. The minimum absolute atomic E-state index is 0.0207. The van der Waals surface area contributed by atoms with Crippen molar-refractivity contribution >= 4 is 39.2 Å². The van der Waals surface area contributed by atoms with Crippen molar-refractivity contribution in [2.75, 3.05) is 7.11 Å². The minimum atomic E-state index is -4.14. The van der Waals surface area contributed by atoms with Gasteiger partial charge in [0.2, 0.25) is 11.6 Å². The van der Waals surface area contributed by atoms with E-state index in [1.165, 1.54) is 12.1 Å². The number of ether oxygens (including phenoxy) is 1. The highest BCUT2D eigenvalue weighted by Gasteiger charge is 2.21. The van der Waals surface area contributed by atoms with Crippen LogP contribution < -0.4 is 5.43 Å². The first-order valence-electron chi connectivity index (χ1n) is 6.66. The zero-order valence-corrected chi connectivity index (χ0v) is 14.2. The number of H-pyrrole nitrogens is 1. The molecule has 0 saturated heterocycles. The highest BCUT2D eigenvalue weighted by atomic mass is 32.2. The van der Waals surface area contributed by atoms with E-state index in [4.69, 9.17) is 16.6 Å². The fraction of sp³-hybridized carbons (Fsp3) is 0.0714. The van der Waals surface area contributed by atoms with Crippen LogP contribution in [-0.2, 0) is 14.8 Å². The van der Waals surface area contributed by atoms with Gasteiger partial charge in [-0.3, -0.25) is 4.79 Å². The molecule has 3 aromatic rings. The summed E-state index contributed by atoms with van der Waals surface area (Å²) in [5, 5.41) is 9.31. The van der Waals surface area contributed by atoms with Crippen LogP contribution in [0.15, 0.2) is 44.6 Å². The Balaban J connectivity index is 2.21. The van der Waals surface area contributed by atoms with Crippen LogP contribution in [-0.4, -0.2) is 35.6 Å². The fourth-order valence-electron chi connectivity index (χ4n) is 2.16. The standard InChI is InChI=1S/C14H10N2O7S2/c1-22-13(19)11-5-9(17)8-4-7(2-3-10(8)23-11)25(20,21)16-6-12(18)15-14(16)24/h2-6,18H,1H3,(H,15,24). The van der Waals surface area contributed by atoms with Crippen LogP contribution in [0.3, 0.4) is 0 Å². The summed E-state index contributed by atoms with van der Waals surface area (Å²) in [6, 6.07) is 4.45. The van der Waals surface area contributed by atoms with E-state index < -0.39 is 27.3 Å². The average molecular weight is 382 g/mol. The summed E-state index contributed by atoms with van der Waals surface area (Å²) in [6.45, 7) is 0. The number of nitrogens with zero attached hydrogens (tertiary/aromatic N) is 1. The Hall–Kier alpha value is -2.92. The molecule has 25 heavy (non-hydrogen) atoms. The van der Waals surface area contributed by atoms with E-state index in [0.29, 0.717) is 3.97 Å². The first-order valence-corrected chi connectivity index (χ1v) is 8.51. The molecule has 0 amide bonds. The second kappa shape index (κ2) is 5.86. The SMILES string of the molecule is COC(=O)c1cc(=O)c2cc(S(=O)(=O)n3cc(O)[nH]c3=S)ccc2o1. The van der Waals surface area contributed by atoms with Crippen molar-refractivity contribution in [1.29, 1.82) is 0 Å². The molecule has 2 heterocycles. The van der Waals surface area contributed by atoms with Crippen LogP contribution in [0.5, 0.6) is 5.88 Å². The summed E-state index contributed by atoms with van der Waals surface area (Å²) in [4.78, 5) is 25.7. The van der Waals surface area contributed by atoms with Gasteiger partial charge in [-0.1, -0.05) is 0 Å². The van der Waals surface area contributed by atoms with Crippen molar-refractivity contribution < 1.29 is 27.5 Å². The van der Waals surface area contributed by atoms with Crippen molar-refractivity contribution in [2.45, 2.75) is 4.90 Å². The zero-order chi connectivity index (χ0) is 18.4. The highest BCUT2D eigenvalue weighted by Crippen LogP contribution is 2.21. The van der Waals surface area contributed by atoms with Gasteiger partial charge in [0.1, 0.15) is 5.58 Å². The van der Waals surface area contributed by atoms with E-state index in [9.17, 15) is 23.1 Å². The monoisotopic (exact) mass is 382 g/mol. The Morgan fingerprint density at radius 3 is 2.68 bits per heavy atom. The molecule has 0 saturated carbocycles. The summed E-state index contributed by atoms with van der Waals surface area (Å²) in [6.07, 6.45) is 0.907. The topological polar surface area (TPSA) is 132 Å². The lowest BCUT2D eigenvalue weighted by Crippen LogP contribution is -2.13. The zero-order valence-electron chi connectivity index (χ0n) is 12.5. The molecule has 0 unspecified atom stereocenters. The molecule has 130 valence electrons. The van der Waals surface area contributed by atoms with Gasteiger partial charge in [-0.15, -0.1) is 0 Å². The number of hydrogen-bond acceptors (Lipinski definition) is 8. The molecule has 0 bridgehead atoms. The average Bonchev–Trinajstić information content (AvgIpc) is 2.92. The van der Waals surface area contributed by atoms with Crippen molar-refractivity contribution in [3.8, 4) is 5.88 Å². The second-order valence-electron chi connectivity index (χ2n) is 4.87. The Labute approximate surface area is 145 Å². The van der Waals surface area contributed by atoms with E-state index in [-0.39, 0.29) is 26.4 Å². The molecule has 1 aromatic carbocycles. The van der Waals surface area contributed by atoms with E-state index in [1.54, 1.807) is 0 Å². The molecule has 0 radical (unpaired) electrons. The maximum Gasteiger partial charge on any atom is 0.374 e. The van der Waals surface area contributed by atoms with Crippen LogP contribution in [0.25, 0.3) is 11.0 Å². The number of aromatic amines is 1. The van der Waals surface area contributed by atoms with Crippen LogP contribution in [0.1, 0.15) is 10.6 Å². The normalized spacial score (nSPS) is 11.6. The van der Waals surface area contributed by atoms with Crippen LogP contribution in [0.2, 0.25) is 0 Å². The number of carbonyl (C=O) groups excluding carboxylic acids is 1. The number of aromatic nitrogens is 2. The van der Waals surface area contributed by atoms with Crippen LogP contribution in [0, 0.1) is 4.77 Å². The summed E-state index contributed by atoms with van der Waals surface area (Å²) in [5.74, 6) is -1.55. The van der Waals surface area contributed by atoms with Gasteiger partial charge >= 0.3 is 5.97 Å². The quantitative estimate of drug-likeness (QED) is 0.513. The summed E-state index contributed by atoms with van der Waals surface area (Å²) >= 11 is 4.84. The lowest BCUT2D eigenvalue weighted by molar-refractivity contribution is 0.0565. The number of aromatic hydroxyl groups is 1. The third-order valence-electron chi connectivity index (χ3n) is 3.32. The highest BCUT2D eigenvalue weighted by molar-refractivity contribution is 7.90. The van der Waals surface area contributed by atoms with Crippen LogP contribution >= 0.6 is 12.2 Å². The number of carbonyl (C=O) groups is 1. The molecule has 11 heteroatoms. The molecular formula is C14H10N2O7S2. The number of rotatable bonds is 3. The van der Waals surface area contributed by atoms with Crippen molar-refractivity contribution in [2.24, 2.45) is 0 Å². The first kappa shape index (κ1) is 16.9. The maximum atomic E-state index is 12.6. The molecule has 0 spiro atoms. The van der Waals surface area contributed by atoms with Gasteiger partial charge in [0, 0.05) is 6.07 Å². The van der Waals surface area contributed by atoms with Crippen LogP contribution in [0.4, 0.5) is 0 Å². The Morgan fingerprint density at radius 2 is 2.08 bits per heavy atom. The van der Waals surface area contributed by atoms with Crippen molar-refractivity contribution in [3.05, 3.63) is 51.2 Å². The molecule has 9 nitrogen and oxygen atoms in total. The molecule has 0 aliphatic heterocycles. The molecular weight excluding hydrogens is 372 g/mol. The van der Waals surface area contributed by atoms with E-state index in [0.717, 1.165) is 25.4 Å². The van der Waals surface area contributed by atoms with Gasteiger partial charge in [-0.2, -0.15) is 0 Å². The number of imidazole rings is 1. The molecule has 2 N–H and O–H groups in total. The summed E-state index contributed by atoms with van der Waals surface area (Å²) in [5.41, 5.74) is -0.591. The molecule has 0 fully saturated rings. The van der Waals surface area contributed by atoms with E-state index in [2.05, 4.69) is 9.72 Å². The number of nitrogens with one attached hydrogen (secondary N) is 1. The molecule has 2 aromatic heterocycles. The number of hydrogen-bond donors (Lipinski definition) is 2. The Morgan fingerprint density at radius 1 is 1.36 bits per heavy atom. The largest absolute Gasteiger partial charge is 0.493 e. The molecule has 3 rings (SSSR count). The molecule has 0 atom stereocenters. The molecule has 0 aliphatic carbocycles. The third-order valence-corrected chi connectivity index (χ3v) is 5.39. The predicted molar refractivity (Wildman–Crippen MR) is 87.7 cm³/mol. The minimum Gasteiger partial charge on any atom is -0.493 e. The van der Waals surface area contributed by atoms with Gasteiger partial charge in [0.05, 0.1) is 23.6 Å². The smallest absolute Gasteiger partial charge is 0.374 e. The van der Waals surface area contributed by atoms with Crippen molar-refractivity contribution in [1.82, 2.24) is 8.96 Å². The summed E-state index contributed by atoms with van der Waals surface area (Å²) < 4.78 is 35.4. The summed E-state index contributed by atoms with van der Waals surface area (Å²) in [7, 11) is -3.00. The number of esters is 1. The third kappa shape index (κ3) is 2.83. The lowest BCUT2D eigenvalue weighted by atomic mass is 10.2. The van der Waals surface area contributed by atoms with Gasteiger partial charge < -0.3 is 19.2 Å².